The molecule has 0 saturated carbocycles. The molecule has 7 heteroatoms. The number of nitrogens with zero attached hydrogens (tertiary/aromatic N) is 2. The topological polar surface area (TPSA) is 62.6 Å². The summed E-state index contributed by atoms with van der Waals surface area (Å²) in [5, 5.41) is 5.40. The van der Waals surface area contributed by atoms with Crippen molar-refractivity contribution in [1.82, 2.24) is 9.78 Å². The summed E-state index contributed by atoms with van der Waals surface area (Å²) >= 11 is 5.97. The number of hydrogen-bond acceptors (Lipinski definition) is 5. The summed E-state index contributed by atoms with van der Waals surface area (Å²) < 4.78 is 16.4. The minimum absolute atomic E-state index is 0.301. The minimum Gasteiger partial charge on any atom is -0.465 e. The number of hydrogen-bond donors (Lipinski definition) is 0. The zero-order valence-corrected chi connectivity index (χ0v) is 11.5. The summed E-state index contributed by atoms with van der Waals surface area (Å²) in [7, 11) is 4.29. The molecule has 0 amide bonds. The van der Waals surface area contributed by atoms with Crippen LogP contribution in [0.2, 0.25) is 5.02 Å². The molecule has 0 aliphatic rings. The van der Waals surface area contributed by atoms with E-state index >= 15 is 0 Å². The van der Waals surface area contributed by atoms with Crippen LogP contribution in [0.25, 0.3) is 10.9 Å². The van der Waals surface area contributed by atoms with Crippen LogP contribution in [0, 0.1) is 0 Å². The number of carbonyl (C=O) groups excluding carboxylic acids is 1. The second kappa shape index (κ2) is 5.56. The van der Waals surface area contributed by atoms with Crippen LogP contribution in [0.4, 0.5) is 0 Å². The van der Waals surface area contributed by atoms with Gasteiger partial charge in [0.25, 0.3) is 6.41 Å². The second-order valence-electron chi connectivity index (χ2n) is 3.77. The average molecular weight is 285 g/mol. The van der Waals surface area contributed by atoms with Gasteiger partial charge in [0.05, 0.1) is 12.7 Å². The van der Waals surface area contributed by atoms with Crippen LogP contribution in [0.15, 0.2) is 18.3 Å². The Bertz CT molecular complexity index is 607. The maximum absolute atomic E-state index is 11.7. The lowest BCUT2D eigenvalue weighted by Crippen LogP contribution is -2.13. The standard InChI is InChI=1S/C12H13ClN2O4/c1-17-11(16)9-5-8(13)4-7-6-15(14-10(7)9)12(18-2)19-3/h4-6,12H,1-3H3. The maximum atomic E-state index is 11.7. The smallest absolute Gasteiger partial charge is 0.340 e. The van der Waals surface area contributed by atoms with Crippen molar-refractivity contribution in [2.24, 2.45) is 0 Å². The summed E-state index contributed by atoms with van der Waals surface area (Å²) in [6.07, 6.45) is 1.02. The third kappa shape index (κ3) is 2.56. The van der Waals surface area contributed by atoms with E-state index in [0.717, 1.165) is 0 Å². The quantitative estimate of drug-likeness (QED) is 0.636. The molecule has 6 nitrogen and oxygen atoms in total. The number of methoxy groups -OCH3 is 3. The van der Waals surface area contributed by atoms with Gasteiger partial charge in [0, 0.05) is 30.8 Å². The molecule has 0 atom stereocenters. The Morgan fingerprint density at radius 1 is 1.32 bits per heavy atom. The van der Waals surface area contributed by atoms with Crippen LogP contribution < -0.4 is 0 Å². The molecule has 0 radical (unpaired) electrons. The number of carbonyl (C=O) groups is 1. The zero-order valence-electron chi connectivity index (χ0n) is 10.7. The van der Waals surface area contributed by atoms with E-state index in [-0.39, 0.29) is 0 Å². The van der Waals surface area contributed by atoms with Crippen LogP contribution >= 0.6 is 11.6 Å². The fourth-order valence-electron chi connectivity index (χ4n) is 1.80. The van der Waals surface area contributed by atoms with E-state index in [0.29, 0.717) is 21.5 Å². The highest BCUT2D eigenvalue weighted by atomic mass is 35.5. The van der Waals surface area contributed by atoms with Gasteiger partial charge in [-0.15, -0.1) is 0 Å². The van der Waals surface area contributed by atoms with Gasteiger partial charge < -0.3 is 14.2 Å². The molecule has 0 fully saturated rings. The number of halogens is 1. The van der Waals surface area contributed by atoms with Crippen molar-refractivity contribution < 1.29 is 19.0 Å². The fraction of sp³-hybridized carbons (Fsp3) is 0.333. The van der Waals surface area contributed by atoms with E-state index in [9.17, 15) is 4.79 Å². The van der Waals surface area contributed by atoms with Gasteiger partial charge >= 0.3 is 5.97 Å². The van der Waals surface area contributed by atoms with Gasteiger partial charge in [-0.2, -0.15) is 5.10 Å². The van der Waals surface area contributed by atoms with Crippen molar-refractivity contribution in [1.29, 1.82) is 0 Å². The van der Waals surface area contributed by atoms with Crippen molar-refractivity contribution in [3.8, 4) is 0 Å². The summed E-state index contributed by atoms with van der Waals surface area (Å²) in [5.74, 6) is -0.496. The Labute approximate surface area is 114 Å². The van der Waals surface area contributed by atoms with Gasteiger partial charge in [-0.25, -0.2) is 9.48 Å². The van der Waals surface area contributed by atoms with Crippen LogP contribution in [0.5, 0.6) is 0 Å². The number of benzene rings is 1. The van der Waals surface area contributed by atoms with E-state index in [1.807, 2.05) is 0 Å². The van der Waals surface area contributed by atoms with Crippen LogP contribution in [0.1, 0.15) is 16.8 Å². The lowest BCUT2D eigenvalue weighted by molar-refractivity contribution is -0.162. The highest BCUT2D eigenvalue weighted by molar-refractivity contribution is 6.32. The van der Waals surface area contributed by atoms with Crippen LogP contribution in [-0.2, 0) is 14.2 Å². The van der Waals surface area contributed by atoms with Gasteiger partial charge in [0.1, 0.15) is 5.52 Å². The van der Waals surface area contributed by atoms with Crippen molar-refractivity contribution in [2.45, 2.75) is 6.41 Å². The number of ether oxygens (including phenoxy) is 3. The van der Waals surface area contributed by atoms with Gasteiger partial charge in [-0.05, 0) is 12.1 Å². The highest BCUT2D eigenvalue weighted by Crippen LogP contribution is 2.25. The van der Waals surface area contributed by atoms with Crippen LogP contribution in [-0.4, -0.2) is 37.1 Å². The van der Waals surface area contributed by atoms with E-state index in [4.69, 9.17) is 25.8 Å². The van der Waals surface area contributed by atoms with Crippen molar-refractivity contribution in [3.63, 3.8) is 0 Å². The first-order chi connectivity index (χ1) is 9.10. The number of aromatic nitrogens is 2. The number of esters is 1. The molecule has 0 spiro atoms. The molecule has 1 aromatic heterocycles. The molecule has 0 unspecified atom stereocenters. The second-order valence-corrected chi connectivity index (χ2v) is 4.21. The van der Waals surface area contributed by atoms with Gasteiger partial charge in [0.2, 0.25) is 0 Å². The third-order valence-electron chi connectivity index (χ3n) is 2.62. The van der Waals surface area contributed by atoms with Gasteiger partial charge in [-0.3, -0.25) is 0 Å². The lowest BCUT2D eigenvalue weighted by atomic mass is 10.1. The average Bonchev–Trinajstić information content (AvgIpc) is 2.81. The summed E-state index contributed by atoms with van der Waals surface area (Å²) in [5.41, 5.74) is 0.782. The SMILES string of the molecule is COC(=O)c1cc(Cl)cc2cn(C(OC)OC)nc12. The largest absolute Gasteiger partial charge is 0.465 e. The Morgan fingerprint density at radius 2 is 2.00 bits per heavy atom. The van der Waals surface area contributed by atoms with E-state index in [1.54, 1.807) is 12.3 Å². The molecule has 0 aliphatic heterocycles. The first kappa shape index (κ1) is 13.8. The Kier molecular flexibility index (Phi) is 4.04. The monoisotopic (exact) mass is 284 g/mol. The predicted octanol–water partition coefficient (Wildman–Crippen LogP) is 2.23. The fourth-order valence-corrected chi connectivity index (χ4v) is 2.03. The third-order valence-corrected chi connectivity index (χ3v) is 2.83. The van der Waals surface area contributed by atoms with Gasteiger partial charge in [-0.1, -0.05) is 11.6 Å². The summed E-state index contributed by atoms with van der Waals surface area (Å²) in [4.78, 5) is 11.7. The zero-order chi connectivity index (χ0) is 14.0. The predicted molar refractivity (Wildman–Crippen MR) is 69.1 cm³/mol. The molecule has 2 rings (SSSR count). The molecule has 19 heavy (non-hydrogen) atoms. The molecule has 2 aromatic rings. The molecule has 0 bridgehead atoms. The van der Waals surface area contributed by atoms with E-state index < -0.39 is 12.4 Å². The summed E-state index contributed by atoms with van der Waals surface area (Å²) in [6, 6.07) is 3.22. The molecule has 0 N–H and O–H groups in total. The van der Waals surface area contributed by atoms with E-state index in [1.165, 1.54) is 32.1 Å². The molecule has 0 saturated heterocycles. The Balaban J connectivity index is 2.61. The number of fused-ring (bicyclic) bond motifs is 1. The molecule has 1 heterocycles. The minimum atomic E-state index is -0.670. The van der Waals surface area contributed by atoms with E-state index in [2.05, 4.69) is 5.10 Å². The van der Waals surface area contributed by atoms with Gasteiger partial charge in [0.15, 0.2) is 0 Å². The van der Waals surface area contributed by atoms with Crippen molar-refractivity contribution in [3.05, 3.63) is 28.9 Å². The van der Waals surface area contributed by atoms with Crippen molar-refractivity contribution in [2.75, 3.05) is 21.3 Å². The molecule has 1 aromatic carbocycles. The normalized spacial score (nSPS) is 11.2. The Morgan fingerprint density at radius 3 is 2.58 bits per heavy atom. The lowest BCUT2D eigenvalue weighted by Gasteiger charge is -2.12. The number of rotatable bonds is 4. The Hall–Kier alpha value is -1.63. The molecule has 102 valence electrons. The molecule has 0 aliphatic carbocycles. The first-order valence-corrected chi connectivity index (χ1v) is 5.80. The first-order valence-electron chi connectivity index (χ1n) is 5.43. The maximum Gasteiger partial charge on any atom is 0.340 e. The molecular weight excluding hydrogens is 272 g/mol. The highest BCUT2D eigenvalue weighted by Gasteiger charge is 2.17. The van der Waals surface area contributed by atoms with Crippen molar-refractivity contribution >= 4 is 28.5 Å². The van der Waals surface area contributed by atoms with Crippen LogP contribution in [0.3, 0.4) is 0 Å². The summed E-state index contributed by atoms with van der Waals surface area (Å²) in [6.45, 7) is 0. The molecular formula is C12H13ClN2O4.